The first-order valence-corrected chi connectivity index (χ1v) is 9.24. The molecule has 0 radical (unpaired) electrons. The van der Waals surface area contributed by atoms with Crippen molar-refractivity contribution in [2.24, 2.45) is 12.0 Å². The monoisotopic (exact) mass is 340 g/mol. The van der Waals surface area contributed by atoms with E-state index in [1.165, 1.54) is 5.56 Å². The van der Waals surface area contributed by atoms with Gasteiger partial charge in [-0.1, -0.05) is 0 Å². The maximum atomic E-state index is 4.72. The zero-order valence-corrected chi connectivity index (χ0v) is 16.4. The molecule has 1 heterocycles. The van der Waals surface area contributed by atoms with Crippen molar-refractivity contribution in [1.82, 2.24) is 25.3 Å². The van der Waals surface area contributed by atoms with E-state index in [4.69, 9.17) is 4.99 Å². The van der Waals surface area contributed by atoms with E-state index >= 15 is 0 Å². The van der Waals surface area contributed by atoms with Crippen LogP contribution in [-0.4, -0.2) is 65.4 Å². The number of nitrogens with one attached hydrogen (secondary N) is 2. The van der Waals surface area contributed by atoms with E-state index < -0.39 is 0 Å². The van der Waals surface area contributed by atoms with Gasteiger partial charge in [-0.2, -0.15) is 16.9 Å². The molecular weight excluding hydrogens is 308 g/mol. The standard InChI is InChI=1S/C16H32N6S/c1-8-17-15(19-12-16(2,3)23-7)18-10-14(21(4)5)13-9-20-22(6)11-13/h9,11,14H,8,10,12H2,1-7H3,(H2,17,18,19). The van der Waals surface area contributed by atoms with E-state index in [0.717, 1.165) is 25.6 Å². The second-order valence-electron chi connectivity index (χ2n) is 6.47. The molecule has 0 spiro atoms. The Morgan fingerprint density at radius 3 is 2.61 bits per heavy atom. The van der Waals surface area contributed by atoms with Gasteiger partial charge in [0.1, 0.15) is 0 Å². The molecule has 0 aliphatic rings. The van der Waals surface area contributed by atoms with Crippen LogP contribution in [0.15, 0.2) is 17.4 Å². The SMILES string of the molecule is CCNC(=NCC(C)(C)SC)NCC(c1cnn(C)c1)N(C)C. The van der Waals surface area contributed by atoms with Gasteiger partial charge in [0.05, 0.1) is 18.8 Å². The van der Waals surface area contributed by atoms with Crippen LogP contribution in [0.4, 0.5) is 0 Å². The first-order chi connectivity index (χ1) is 10.8. The van der Waals surface area contributed by atoms with Gasteiger partial charge in [0.25, 0.3) is 0 Å². The highest BCUT2D eigenvalue weighted by atomic mass is 32.2. The van der Waals surface area contributed by atoms with Crippen molar-refractivity contribution >= 4 is 17.7 Å². The highest BCUT2D eigenvalue weighted by Gasteiger charge is 2.18. The first-order valence-electron chi connectivity index (χ1n) is 8.01. The minimum atomic E-state index is 0.145. The smallest absolute Gasteiger partial charge is 0.191 e. The average Bonchev–Trinajstić information content (AvgIpc) is 2.91. The summed E-state index contributed by atoms with van der Waals surface area (Å²) in [5.74, 6) is 0.866. The van der Waals surface area contributed by atoms with E-state index in [1.54, 1.807) is 0 Å². The molecule has 0 saturated heterocycles. The van der Waals surface area contributed by atoms with Crippen LogP contribution in [0.25, 0.3) is 0 Å². The van der Waals surface area contributed by atoms with Crippen molar-refractivity contribution in [3.63, 3.8) is 0 Å². The van der Waals surface area contributed by atoms with Gasteiger partial charge in [-0.25, -0.2) is 0 Å². The molecule has 2 N–H and O–H groups in total. The zero-order chi connectivity index (χ0) is 17.5. The van der Waals surface area contributed by atoms with E-state index in [9.17, 15) is 0 Å². The molecule has 1 aromatic rings. The molecule has 0 amide bonds. The van der Waals surface area contributed by atoms with Gasteiger partial charge >= 0.3 is 0 Å². The maximum absolute atomic E-state index is 4.72. The second-order valence-corrected chi connectivity index (χ2v) is 7.98. The molecule has 132 valence electrons. The molecule has 7 heteroatoms. The number of aromatic nitrogens is 2. The normalized spacial score (nSPS) is 14.2. The zero-order valence-electron chi connectivity index (χ0n) is 15.6. The van der Waals surface area contributed by atoms with Gasteiger partial charge in [-0.05, 0) is 41.1 Å². The number of thioether (sulfide) groups is 1. The van der Waals surface area contributed by atoms with Crippen molar-refractivity contribution in [2.45, 2.75) is 31.6 Å². The first kappa shape index (κ1) is 19.8. The van der Waals surface area contributed by atoms with Gasteiger partial charge in [-0.15, -0.1) is 0 Å². The van der Waals surface area contributed by atoms with Crippen molar-refractivity contribution in [1.29, 1.82) is 0 Å². The molecule has 1 atom stereocenters. The summed E-state index contributed by atoms with van der Waals surface area (Å²) < 4.78 is 1.98. The Morgan fingerprint density at radius 1 is 1.43 bits per heavy atom. The summed E-state index contributed by atoms with van der Waals surface area (Å²) >= 11 is 1.83. The molecule has 0 aliphatic heterocycles. The van der Waals surface area contributed by atoms with Crippen LogP contribution in [0, 0.1) is 0 Å². The third-order valence-corrected chi connectivity index (χ3v) is 4.94. The lowest BCUT2D eigenvalue weighted by Crippen LogP contribution is -2.42. The van der Waals surface area contributed by atoms with Crippen molar-refractivity contribution in [3.05, 3.63) is 18.0 Å². The fraction of sp³-hybridized carbons (Fsp3) is 0.750. The molecule has 0 saturated carbocycles. The van der Waals surface area contributed by atoms with Gasteiger partial charge in [-0.3, -0.25) is 9.67 Å². The summed E-state index contributed by atoms with van der Waals surface area (Å²) in [6.45, 7) is 8.92. The van der Waals surface area contributed by atoms with Gasteiger partial charge in [0, 0.05) is 36.6 Å². The van der Waals surface area contributed by atoms with E-state index in [2.05, 4.69) is 68.0 Å². The lowest BCUT2D eigenvalue weighted by Gasteiger charge is -2.25. The minimum Gasteiger partial charge on any atom is -0.357 e. The Balaban J connectivity index is 2.73. The summed E-state index contributed by atoms with van der Waals surface area (Å²) in [4.78, 5) is 6.91. The molecule has 0 bridgehead atoms. The highest BCUT2D eigenvalue weighted by Crippen LogP contribution is 2.21. The highest BCUT2D eigenvalue weighted by molar-refractivity contribution is 7.99. The quantitative estimate of drug-likeness (QED) is 0.557. The van der Waals surface area contributed by atoms with Crippen LogP contribution < -0.4 is 10.6 Å². The molecule has 23 heavy (non-hydrogen) atoms. The van der Waals surface area contributed by atoms with Gasteiger partial charge < -0.3 is 15.5 Å². The number of guanidine groups is 1. The van der Waals surface area contributed by atoms with Gasteiger partial charge in [0.2, 0.25) is 0 Å². The number of hydrogen-bond acceptors (Lipinski definition) is 4. The molecule has 0 aliphatic carbocycles. The van der Waals surface area contributed by atoms with Crippen LogP contribution in [0.1, 0.15) is 32.4 Å². The lowest BCUT2D eigenvalue weighted by atomic mass is 10.1. The topological polar surface area (TPSA) is 57.5 Å². The maximum Gasteiger partial charge on any atom is 0.191 e. The number of aliphatic imine (C=N–C) groups is 1. The predicted molar refractivity (Wildman–Crippen MR) is 101 cm³/mol. The van der Waals surface area contributed by atoms with Crippen molar-refractivity contribution in [3.8, 4) is 0 Å². The number of aryl methyl sites for hydroxylation is 1. The Bertz CT molecular complexity index is 495. The van der Waals surface area contributed by atoms with Crippen molar-refractivity contribution < 1.29 is 0 Å². The van der Waals surface area contributed by atoms with E-state index in [1.807, 2.05) is 29.7 Å². The predicted octanol–water partition coefficient (Wildman–Crippen LogP) is 1.72. The number of rotatable bonds is 8. The summed E-state index contributed by atoms with van der Waals surface area (Å²) in [6, 6.07) is 0.251. The Labute approximate surface area is 145 Å². The largest absolute Gasteiger partial charge is 0.357 e. The fourth-order valence-corrected chi connectivity index (χ4v) is 2.27. The third kappa shape index (κ3) is 6.83. The summed E-state index contributed by atoms with van der Waals surface area (Å²) in [7, 11) is 6.11. The Kier molecular flexibility index (Phi) is 7.91. The third-order valence-electron chi connectivity index (χ3n) is 3.71. The number of hydrogen-bond donors (Lipinski definition) is 2. The molecule has 1 aromatic heterocycles. The van der Waals surface area contributed by atoms with Crippen molar-refractivity contribution in [2.75, 3.05) is 40.0 Å². The molecular formula is C16H32N6S. The summed E-state index contributed by atoms with van der Waals surface area (Å²) in [5.41, 5.74) is 1.20. The van der Waals surface area contributed by atoms with Crippen LogP contribution in [0.3, 0.4) is 0 Å². The minimum absolute atomic E-state index is 0.145. The van der Waals surface area contributed by atoms with Crippen LogP contribution in [0.2, 0.25) is 0 Å². The van der Waals surface area contributed by atoms with Gasteiger partial charge in [0.15, 0.2) is 5.96 Å². The molecule has 1 rings (SSSR count). The van der Waals surface area contributed by atoms with Crippen LogP contribution >= 0.6 is 11.8 Å². The fourth-order valence-electron chi connectivity index (χ4n) is 2.08. The second kappa shape index (κ2) is 9.17. The Morgan fingerprint density at radius 2 is 2.13 bits per heavy atom. The van der Waals surface area contributed by atoms with Crippen LogP contribution in [-0.2, 0) is 7.05 Å². The summed E-state index contributed by atoms with van der Waals surface area (Å²) in [5, 5.41) is 11.1. The van der Waals surface area contributed by atoms with E-state index in [0.29, 0.717) is 0 Å². The van der Waals surface area contributed by atoms with Crippen LogP contribution in [0.5, 0.6) is 0 Å². The number of nitrogens with zero attached hydrogens (tertiary/aromatic N) is 4. The Hall–Kier alpha value is -1.21. The average molecular weight is 341 g/mol. The number of likely N-dealkylation sites (N-methyl/N-ethyl adjacent to an activating group) is 1. The summed E-state index contributed by atoms with van der Waals surface area (Å²) in [6.07, 6.45) is 6.11. The molecule has 0 aromatic carbocycles. The molecule has 6 nitrogen and oxygen atoms in total. The molecule has 1 unspecified atom stereocenters. The molecule has 0 fully saturated rings. The van der Waals surface area contributed by atoms with E-state index in [-0.39, 0.29) is 10.8 Å². The lowest BCUT2D eigenvalue weighted by molar-refractivity contribution is 0.298.